The van der Waals surface area contributed by atoms with Gasteiger partial charge < -0.3 is 4.74 Å². The minimum Gasteiger partial charge on any atom is -0.469 e. The molecule has 118 valence electrons. The van der Waals surface area contributed by atoms with E-state index in [2.05, 4.69) is 49.8 Å². The number of carbonyl (C=O) groups is 1. The summed E-state index contributed by atoms with van der Waals surface area (Å²) in [4.78, 5) is 11.1. The zero-order valence-corrected chi connectivity index (χ0v) is 14.4. The number of hydrogen-bond donors (Lipinski definition) is 0. The summed E-state index contributed by atoms with van der Waals surface area (Å²) in [6.07, 6.45) is 4.29. The van der Waals surface area contributed by atoms with E-state index in [-0.39, 0.29) is 11.3 Å². The molecule has 3 heteroatoms. The standard InChI is InChI=1S/C18H27ClO2/c1-18(2,3)13-12-16(19)15-10-8-14(9-11-15)6-5-7-17(20)21-4/h8-11,16H,5-7,12-13H2,1-4H3. The third kappa shape index (κ3) is 7.52. The first-order valence-corrected chi connectivity index (χ1v) is 8.05. The molecular weight excluding hydrogens is 284 g/mol. The molecule has 21 heavy (non-hydrogen) atoms. The second-order valence-electron chi connectivity index (χ2n) is 6.74. The lowest BCUT2D eigenvalue weighted by atomic mass is 9.88. The highest BCUT2D eigenvalue weighted by molar-refractivity contribution is 6.20. The van der Waals surface area contributed by atoms with Crippen LogP contribution in [-0.4, -0.2) is 13.1 Å². The number of rotatable bonds is 7. The predicted molar refractivity (Wildman–Crippen MR) is 88.7 cm³/mol. The summed E-state index contributed by atoms with van der Waals surface area (Å²) < 4.78 is 4.64. The van der Waals surface area contributed by atoms with Gasteiger partial charge in [-0.25, -0.2) is 0 Å². The molecule has 0 spiro atoms. The van der Waals surface area contributed by atoms with E-state index in [9.17, 15) is 4.79 Å². The molecular formula is C18H27ClO2. The first-order valence-electron chi connectivity index (χ1n) is 7.61. The summed E-state index contributed by atoms with van der Waals surface area (Å²) >= 11 is 6.47. The summed E-state index contributed by atoms with van der Waals surface area (Å²) in [5, 5.41) is 0.0772. The maximum Gasteiger partial charge on any atom is 0.305 e. The Bertz CT molecular complexity index is 432. The molecule has 1 aromatic rings. The van der Waals surface area contributed by atoms with Crippen LogP contribution in [0, 0.1) is 5.41 Å². The van der Waals surface area contributed by atoms with Crippen molar-refractivity contribution in [2.45, 2.75) is 58.3 Å². The van der Waals surface area contributed by atoms with Crippen LogP contribution in [-0.2, 0) is 16.0 Å². The van der Waals surface area contributed by atoms with Crippen LogP contribution in [0.2, 0.25) is 0 Å². The Balaban J connectivity index is 2.44. The smallest absolute Gasteiger partial charge is 0.305 e. The van der Waals surface area contributed by atoms with Crippen molar-refractivity contribution in [3.05, 3.63) is 35.4 Å². The number of benzene rings is 1. The molecule has 0 bridgehead atoms. The minimum absolute atomic E-state index is 0.0772. The van der Waals surface area contributed by atoms with Gasteiger partial charge in [0.2, 0.25) is 0 Å². The molecule has 2 nitrogen and oxygen atoms in total. The fourth-order valence-electron chi connectivity index (χ4n) is 2.16. The maximum atomic E-state index is 11.1. The topological polar surface area (TPSA) is 26.3 Å². The molecule has 1 aromatic carbocycles. The van der Waals surface area contributed by atoms with Crippen molar-refractivity contribution in [1.82, 2.24) is 0 Å². The Morgan fingerprint density at radius 1 is 1.24 bits per heavy atom. The first kappa shape index (κ1) is 18.0. The van der Waals surface area contributed by atoms with Crippen LogP contribution in [0.5, 0.6) is 0 Å². The van der Waals surface area contributed by atoms with E-state index in [1.54, 1.807) is 0 Å². The average molecular weight is 311 g/mol. The summed E-state index contributed by atoms with van der Waals surface area (Å²) in [7, 11) is 1.43. The van der Waals surface area contributed by atoms with Gasteiger partial charge >= 0.3 is 5.97 Å². The van der Waals surface area contributed by atoms with Gasteiger partial charge in [-0.05, 0) is 42.2 Å². The monoisotopic (exact) mass is 310 g/mol. The summed E-state index contributed by atoms with van der Waals surface area (Å²) in [6, 6.07) is 8.43. The zero-order valence-electron chi connectivity index (χ0n) is 13.6. The van der Waals surface area contributed by atoms with Crippen molar-refractivity contribution in [2.75, 3.05) is 7.11 Å². The highest BCUT2D eigenvalue weighted by atomic mass is 35.5. The minimum atomic E-state index is -0.144. The third-order valence-electron chi connectivity index (χ3n) is 3.56. The number of halogens is 1. The molecule has 0 radical (unpaired) electrons. The van der Waals surface area contributed by atoms with Gasteiger partial charge in [0.05, 0.1) is 12.5 Å². The number of alkyl halides is 1. The molecule has 1 atom stereocenters. The highest BCUT2D eigenvalue weighted by Crippen LogP contribution is 2.31. The van der Waals surface area contributed by atoms with Crippen LogP contribution in [0.25, 0.3) is 0 Å². The van der Waals surface area contributed by atoms with Gasteiger partial charge in [0.15, 0.2) is 0 Å². The van der Waals surface area contributed by atoms with Crippen molar-refractivity contribution < 1.29 is 9.53 Å². The van der Waals surface area contributed by atoms with Crippen LogP contribution >= 0.6 is 11.6 Å². The third-order valence-corrected chi connectivity index (χ3v) is 4.03. The molecule has 0 amide bonds. The Labute approximate surface area is 133 Å². The van der Waals surface area contributed by atoms with Gasteiger partial charge in [0, 0.05) is 6.42 Å². The largest absolute Gasteiger partial charge is 0.469 e. The van der Waals surface area contributed by atoms with E-state index >= 15 is 0 Å². The number of methoxy groups -OCH3 is 1. The molecule has 0 aliphatic rings. The normalized spacial score (nSPS) is 13.0. The van der Waals surface area contributed by atoms with Crippen LogP contribution in [0.15, 0.2) is 24.3 Å². The van der Waals surface area contributed by atoms with E-state index in [0.717, 1.165) is 25.7 Å². The highest BCUT2D eigenvalue weighted by Gasteiger charge is 2.15. The van der Waals surface area contributed by atoms with E-state index < -0.39 is 0 Å². The number of esters is 1. The lowest BCUT2D eigenvalue weighted by Crippen LogP contribution is -2.06. The zero-order chi connectivity index (χ0) is 15.9. The van der Waals surface area contributed by atoms with Crippen molar-refractivity contribution in [3.8, 4) is 0 Å². The quantitative estimate of drug-likeness (QED) is 0.505. The molecule has 0 saturated heterocycles. The fraction of sp³-hybridized carbons (Fsp3) is 0.611. The van der Waals surface area contributed by atoms with Crippen LogP contribution in [0.3, 0.4) is 0 Å². The van der Waals surface area contributed by atoms with Gasteiger partial charge in [0.1, 0.15) is 0 Å². The molecule has 1 rings (SSSR count). The summed E-state index contributed by atoms with van der Waals surface area (Å²) in [5.74, 6) is -0.144. The van der Waals surface area contributed by atoms with Crippen LogP contribution < -0.4 is 0 Å². The van der Waals surface area contributed by atoms with Gasteiger partial charge in [-0.1, -0.05) is 45.0 Å². The maximum absolute atomic E-state index is 11.1. The Morgan fingerprint density at radius 2 is 1.86 bits per heavy atom. The van der Waals surface area contributed by atoms with E-state index in [1.807, 2.05) is 0 Å². The van der Waals surface area contributed by atoms with Crippen molar-refractivity contribution >= 4 is 17.6 Å². The van der Waals surface area contributed by atoms with E-state index in [1.165, 1.54) is 18.2 Å². The number of hydrogen-bond acceptors (Lipinski definition) is 2. The Hall–Kier alpha value is -1.02. The number of carbonyl (C=O) groups excluding carboxylic acids is 1. The molecule has 0 heterocycles. The molecule has 0 N–H and O–H groups in total. The van der Waals surface area contributed by atoms with Gasteiger partial charge in [-0.15, -0.1) is 11.6 Å². The summed E-state index contributed by atoms with van der Waals surface area (Å²) in [5.41, 5.74) is 2.74. The number of aryl methyl sites for hydroxylation is 1. The lowest BCUT2D eigenvalue weighted by Gasteiger charge is -2.20. The Kier molecular flexibility index (Phi) is 7.24. The van der Waals surface area contributed by atoms with Crippen molar-refractivity contribution in [3.63, 3.8) is 0 Å². The van der Waals surface area contributed by atoms with Crippen LogP contribution in [0.4, 0.5) is 0 Å². The molecule has 0 aliphatic carbocycles. The van der Waals surface area contributed by atoms with Crippen molar-refractivity contribution in [1.29, 1.82) is 0 Å². The van der Waals surface area contributed by atoms with Gasteiger partial charge in [0.25, 0.3) is 0 Å². The average Bonchev–Trinajstić information content (AvgIpc) is 2.44. The van der Waals surface area contributed by atoms with Crippen LogP contribution in [0.1, 0.15) is 63.0 Å². The second-order valence-corrected chi connectivity index (χ2v) is 7.26. The molecule has 0 aromatic heterocycles. The SMILES string of the molecule is COC(=O)CCCc1ccc(C(Cl)CCC(C)(C)C)cc1. The Morgan fingerprint density at radius 3 is 2.38 bits per heavy atom. The molecule has 1 unspecified atom stereocenters. The van der Waals surface area contributed by atoms with Crippen molar-refractivity contribution in [2.24, 2.45) is 5.41 Å². The molecule has 0 fully saturated rings. The van der Waals surface area contributed by atoms with E-state index in [0.29, 0.717) is 11.8 Å². The molecule has 0 saturated carbocycles. The fourth-order valence-corrected chi connectivity index (χ4v) is 2.41. The van der Waals surface area contributed by atoms with E-state index in [4.69, 9.17) is 11.6 Å². The van der Waals surface area contributed by atoms with Gasteiger partial charge in [-0.3, -0.25) is 4.79 Å². The molecule has 0 aliphatic heterocycles. The summed E-state index contributed by atoms with van der Waals surface area (Å²) in [6.45, 7) is 6.71. The lowest BCUT2D eigenvalue weighted by molar-refractivity contribution is -0.140. The van der Waals surface area contributed by atoms with Gasteiger partial charge in [-0.2, -0.15) is 0 Å². The predicted octanol–water partition coefficient (Wildman–Crippen LogP) is 5.29. The second kappa shape index (κ2) is 8.43. The first-order chi connectivity index (χ1) is 9.81. The number of ether oxygens (including phenoxy) is 1.